The van der Waals surface area contributed by atoms with Crippen LogP contribution in [0, 0.1) is 0 Å². The molecule has 0 amide bonds. The number of benzene rings is 1. The van der Waals surface area contributed by atoms with E-state index in [1.54, 1.807) is 0 Å². The van der Waals surface area contributed by atoms with Crippen molar-refractivity contribution in [2.75, 3.05) is 26.3 Å². The van der Waals surface area contributed by atoms with E-state index >= 15 is 0 Å². The fraction of sp³-hybridized carbons (Fsp3) is 0.385. The number of halogens is 1. The normalized spacial score (nSPS) is 17.7. The van der Waals surface area contributed by atoms with Crippen LogP contribution in [0.15, 0.2) is 24.4 Å². The Morgan fingerprint density at radius 3 is 2.94 bits per heavy atom. The van der Waals surface area contributed by atoms with Crippen LogP contribution < -0.4 is 0 Å². The molecule has 2 heterocycles. The predicted molar refractivity (Wildman–Crippen MR) is 69.4 cm³/mol. The molecule has 2 aromatic rings. The first-order valence-corrected chi connectivity index (χ1v) is 6.26. The highest BCUT2D eigenvalue weighted by molar-refractivity contribution is 6.31. The Bertz CT molecular complexity index is 517. The van der Waals surface area contributed by atoms with Crippen LogP contribution in [0.3, 0.4) is 0 Å². The van der Waals surface area contributed by atoms with Gasteiger partial charge in [0.05, 0.1) is 18.7 Å². The first-order valence-electron chi connectivity index (χ1n) is 5.88. The molecule has 0 saturated carbocycles. The van der Waals surface area contributed by atoms with Crippen LogP contribution in [0.2, 0.25) is 5.02 Å². The van der Waals surface area contributed by atoms with Crippen LogP contribution in [0.25, 0.3) is 10.9 Å². The molecule has 17 heavy (non-hydrogen) atoms. The summed E-state index contributed by atoms with van der Waals surface area (Å²) in [4.78, 5) is 5.69. The zero-order chi connectivity index (χ0) is 11.7. The lowest BCUT2D eigenvalue weighted by atomic mass is 10.1. The number of morpholine rings is 1. The second kappa shape index (κ2) is 4.69. The summed E-state index contributed by atoms with van der Waals surface area (Å²) in [6.45, 7) is 4.58. The summed E-state index contributed by atoms with van der Waals surface area (Å²) in [6, 6.07) is 6.11. The molecule has 1 fully saturated rings. The number of H-pyrrole nitrogens is 1. The summed E-state index contributed by atoms with van der Waals surface area (Å²) in [6.07, 6.45) is 1.96. The highest BCUT2D eigenvalue weighted by Gasteiger charge is 2.13. The van der Waals surface area contributed by atoms with E-state index in [0.29, 0.717) is 0 Å². The Labute approximate surface area is 105 Å². The third-order valence-corrected chi connectivity index (χ3v) is 3.42. The molecule has 3 nitrogen and oxygen atoms in total. The number of ether oxygens (including phenoxy) is 1. The van der Waals surface area contributed by atoms with Crippen molar-refractivity contribution in [2.24, 2.45) is 0 Å². The fourth-order valence-corrected chi connectivity index (χ4v) is 2.58. The zero-order valence-corrected chi connectivity index (χ0v) is 10.3. The molecule has 1 aromatic heterocycles. The van der Waals surface area contributed by atoms with Gasteiger partial charge in [-0.05, 0) is 23.8 Å². The molecular weight excluding hydrogens is 236 g/mol. The maximum atomic E-state index is 6.14. The van der Waals surface area contributed by atoms with Crippen LogP contribution in [0.5, 0.6) is 0 Å². The summed E-state index contributed by atoms with van der Waals surface area (Å²) in [7, 11) is 0. The zero-order valence-electron chi connectivity index (χ0n) is 9.58. The van der Waals surface area contributed by atoms with E-state index in [1.165, 1.54) is 16.5 Å². The molecule has 90 valence electrons. The van der Waals surface area contributed by atoms with Crippen LogP contribution in [-0.2, 0) is 11.3 Å². The van der Waals surface area contributed by atoms with E-state index in [2.05, 4.69) is 22.0 Å². The highest BCUT2D eigenvalue weighted by Crippen LogP contribution is 2.24. The van der Waals surface area contributed by atoms with Gasteiger partial charge in [-0.25, -0.2) is 0 Å². The molecule has 1 aromatic carbocycles. The third kappa shape index (κ3) is 2.32. The highest BCUT2D eigenvalue weighted by atomic mass is 35.5. The quantitative estimate of drug-likeness (QED) is 0.888. The Hall–Kier alpha value is -1.03. The van der Waals surface area contributed by atoms with Gasteiger partial charge in [0.15, 0.2) is 0 Å². The van der Waals surface area contributed by atoms with E-state index in [4.69, 9.17) is 16.3 Å². The number of hydrogen-bond acceptors (Lipinski definition) is 2. The summed E-state index contributed by atoms with van der Waals surface area (Å²) < 4.78 is 5.36. The Morgan fingerprint density at radius 1 is 1.29 bits per heavy atom. The lowest BCUT2D eigenvalue weighted by Crippen LogP contribution is -2.35. The summed E-state index contributed by atoms with van der Waals surface area (Å²) in [5.74, 6) is 0. The molecule has 0 bridgehead atoms. The summed E-state index contributed by atoms with van der Waals surface area (Å²) in [5, 5.41) is 1.99. The number of fused-ring (bicyclic) bond motifs is 1. The number of nitrogens with one attached hydrogen (secondary N) is 1. The summed E-state index contributed by atoms with van der Waals surface area (Å²) >= 11 is 6.14. The topological polar surface area (TPSA) is 28.3 Å². The molecule has 0 unspecified atom stereocenters. The van der Waals surface area contributed by atoms with Crippen molar-refractivity contribution in [3.63, 3.8) is 0 Å². The van der Waals surface area contributed by atoms with E-state index in [-0.39, 0.29) is 0 Å². The maximum absolute atomic E-state index is 6.14. The van der Waals surface area contributed by atoms with Gasteiger partial charge in [0, 0.05) is 36.2 Å². The molecule has 1 aliphatic heterocycles. The molecule has 0 spiro atoms. The molecule has 1 saturated heterocycles. The SMILES string of the molecule is Clc1cc(CN2CCOCC2)c2[nH]ccc2c1. The van der Waals surface area contributed by atoms with Gasteiger partial charge in [-0.2, -0.15) is 0 Å². The first-order chi connectivity index (χ1) is 8.33. The summed E-state index contributed by atoms with van der Waals surface area (Å²) in [5.41, 5.74) is 2.46. The Morgan fingerprint density at radius 2 is 2.12 bits per heavy atom. The van der Waals surface area contributed by atoms with Gasteiger partial charge < -0.3 is 9.72 Å². The van der Waals surface area contributed by atoms with Crippen molar-refractivity contribution in [3.05, 3.63) is 35.0 Å². The number of aromatic amines is 1. The third-order valence-electron chi connectivity index (χ3n) is 3.20. The molecule has 4 heteroatoms. The average Bonchev–Trinajstić information content (AvgIpc) is 2.78. The Balaban J connectivity index is 1.90. The molecule has 0 atom stereocenters. The predicted octanol–water partition coefficient (Wildman–Crippen LogP) is 2.65. The van der Waals surface area contributed by atoms with Crippen molar-refractivity contribution in [1.82, 2.24) is 9.88 Å². The number of nitrogens with zero attached hydrogens (tertiary/aromatic N) is 1. The fourth-order valence-electron chi connectivity index (χ4n) is 2.33. The largest absolute Gasteiger partial charge is 0.379 e. The van der Waals surface area contributed by atoms with Gasteiger partial charge in [0.25, 0.3) is 0 Å². The molecule has 0 aliphatic carbocycles. The van der Waals surface area contributed by atoms with Crippen molar-refractivity contribution in [3.8, 4) is 0 Å². The minimum atomic E-state index is 0.806. The van der Waals surface area contributed by atoms with Crippen LogP contribution >= 0.6 is 11.6 Å². The van der Waals surface area contributed by atoms with Gasteiger partial charge in [0.2, 0.25) is 0 Å². The smallest absolute Gasteiger partial charge is 0.0594 e. The van der Waals surface area contributed by atoms with Gasteiger partial charge in [-0.1, -0.05) is 11.6 Å². The van der Waals surface area contributed by atoms with E-state index in [9.17, 15) is 0 Å². The molecular formula is C13H15ClN2O. The van der Waals surface area contributed by atoms with Crippen molar-refractivity contribution < 1.29 is 4.74 Å². The molecule has 1 N–H and O–H groups in total. The van der Waals surface area contributed by atoms with Crippen LogP contribution in [0.4, 0.5) is 0 Å². The maximum Gasteiger partial charge on any atom is 0.0594 e. The monoisotopic (exact) mass is 250 g/mol. The van der Waals surface area contributed by atoms with Crippen LogP contribution in [0.1, 0.15) is 5.56 Å². The molecule has 1 aliphatic rings. The second-order valence-corrected chi connectivity index (χ2v) is 4.83. The first kappa shape index (κ1) is 11.1. The van der Waals surface area contributed by atoms with Gasteiger partial charge in [0.1, 0.15) is 0 Å². The van der Waals surface area contributed by atoms with E-state index < -0.39 is 0 Å². The standard InChI is InChI=1S/C13H15ClN2O/c14-12-7-10-1-2-15-13(10)11(8-12)9-16-3-5-17-6-4-16/h1-2,7-8,15H,3-6,9H2. The minimum absolute atomic E-state index is 0.806. The number of rotatable bonds is 2. The van der Waals surface area contributed by atoms with Crippen LogP contribution in [-0.4, -0.2) is 36.2 Å². The average molecular weight is 251 g/mol. The van der Waals surface area contributed by atoms with Gasteiger partial charge in [-0.15, -0.1) is 0 Å². The minimum Gasteiger partial charge on any atom is -0.379 e. The Kier molecular flexibility index (Phi) is 3.05. The number of aromatic nitrogens is 1. The van der Waals surface area contributed by atoms with Gasteiger partial charge >= 0.3 is 0 Å². The van der Waals surface area contributed by atoms with E-state index in [1.807, 2.05) is 12.3 Å². The van der Waals surface area contributed by atoms with Crippen molar-refractivity contribution in [1.29, 1.82) is 0 Å². The molecule has 3 rings (SSSR count). The lowest BCUT2D eigenvalue weighted by molar-refractivity contribution is 0.0343. The van der Waals surface area contributed by atoms with Crippen molar-refractivity contribution in [2.45, 2.75) is 6.54 Å². The van der Waals surface area contributed by atoms with E-state index in [0.717, 1.165) is 37.9 Å². The molecule has 0 radical (unpaired) electrons. The second-order valence-electron chi connectivity index (χ2n) is 4.40. The van der Waals surface area contributed by atoms with Crippen molar-refractivity contribution >= 4 is 22.5 Å². The number of hydrogen-bond donors (Lipinski definition) is 1. The van der Waals surface area contributed by atoms with Gasteiger partial charge in [-0.3, -0.25) is 4.90 Å². The lowest BCUT2D eigenvalue weighted by Gasteiger charge is -2.26.